The number of benzene rings is 2. The number of sulfone groups is 1. The molecule has 3 atom stereocenters. The van der Waals surface area contributed by atoms with Crippen LogP contribution in [0, 0.1) is 5.92 Å². The lowest BCUT2D eigenvalue weighted by Crippen LogP contribution is -2.10. The van der Waals surface area contributed by atoms with Crippen molar-refractivity contribution in [1.82, 2.24) is 0 Å². The van der Waals surface area contributed by atoms with Crippen LogP contribution in [-0.2, 0) is 14.6 Å². The highest BCUT2D eigenvalue weighted by molar-refractivity contribution is 9.10. The van der Waals surface area contributed by atoms with Gasteiger partial charge >= 0.3 is 0 Å². The largest absolute Gasteiger partial charge is 0.303 e. The van der Waals surface area contributed by atoms with Gasteiger partial charge in [0.2, 0.25) is 0 Å². The van der Waals surface area contributed by atoms with Gasteiger partial charge in [-0.15, -0.1) is 0 Å². The first-order chi connectivity index (χ1) is 10.1. The third-order valence-corrected chi connectivity index (χ3v) is 6.63. The van der Waals surface area contributed by atoms with E-state index in [-0.39, 0.29) is 10.8 Å². The third kappa shape index (κ3) is 2.56. The SMILES string of the molecule is O=C[C@@H]1[C@@H](c2ccc(Br)cc2)[C@H]1S(=O)(=O)c1ccccc1. The molecule has 0 spiro atoms. The molecule has 0 radical (unpaired) electrons. The Kier molecular flexibility index (Phi) is 3.71. The molecule has 2 aromatic rings. The Morgan fingerprint density at radius 2 is 1.57 bits per heavy atom. The highest BCUT2D eigenvalue weighted by Crippen LogP contribution is 2.52. The first kappa shape index (κ1) is 14.5. The smallest absolute Gasteiger partial charge is 0.182 e. The lowest BCUT2D eigenvalue weighted by atomic mass is 10.1. The summed E-state index contributed by atoms with van der Waals surface area (Å²) in [5.74, 6) is -0.711. The van der Waals surface area contributed by atoms with Crippen molar-refractivity contribution in [2.45, 2.75) is 16.1 Å². The minimum Gasteiger partial charge on any atom is -0.303 e. The molecule has 0 heterocycles. The maximum Gasteiger partial charge on any atom is 0.182 e. The quantitative estimate of drug-likeness (QED) is 0.782. The topological polar surface area (TPSA) is 51.2 Å². The van der Waals surface area contributed by atoms with Gasteiger partial charge in [0.1, 0.15) is 6.29 Å². The number of carbonyl (C=O) groups excluding carboxylic acids is 1. The predicted molar refractivity (Wildman–Crippen MR) is 83.9 cm³/mol. The second-order valence-electron chi connectivity index (χ2n) is 5.11. The summed E-state index contributed by atoms with van der Waals surface area (Å²) in [5.41, 5.74) is 0.889. The molecule has 108 valence electrons. The summed E-state index contributed by atoms with van der Waals surface area (Å²) in [4.78, 5) is 11.5. The molecule has 1 saturated carbocycles. The second kappa shape index (κ2) is 5.39. The van der Waals surface area contributed by atoms with Crippen LogP contribution in [0.15, 0.2) is 64.0 Å². The van der Waals surface area contributed by atoms with E-state index in [0.717, 1.165) is 16.3 Å². The van der Waals surface area contributed by atoms with Crippen molar-refractivity contribution < 1.29 is 13.2 Å². The van der Waals surface area contributed by atoms with Crippen LogP contribution >= 0.6 is 15.9 Å². The molecule has 0 N–H and O–H groups in total. The maximum absolute atomic E-state index is 12.6. The Morgan fingerprint density at radius 1 is 0.952 bits per heavy atom. The number of aldehydes is 1. The van der Waals surface area contributed by atoms with Crippen LogP contribution < -0.4 is 0 Å². The molecule has 0 aromatic heterocycles. The molecule has 0 unspecified atom stereocenters. The Bertz CT molecular complexity index is 754. The highest BCUT2D eigenvalue weighted by atomic mass is 79.9. The van der Waals surface area contributed by atoms with Crippen LogP contribution in [0.2, 0.25) is 0 Å². The lowest BCUT2D eigenvalue weighted by Gasteiger charge is -2.04. The fraction of sp³-hybridized carbons (Fsp3) is 0.188. The standard InChI is InChI=1S/C16H13BrO3S/c17-12-8-6-11(7-9-12)15-14(10-18)16(15)21(19,20)13-4-2-1-3-5-13/h1-10,14-16H/t14-,15-,16+/m1/s1. The van der Waals surface area contributed by atoms with Gasteiger partial charge in [0.25, 0.3) is 0 Å². The Balaban J connectivity index is 1.96. The van der Waals surface area contributed by atoms with Crippen molar-refractivity contribution in [3.8, 4) is 0 Å². The summed E-state index contributed by atoms with van der Waals surface area (Å²) in [6.07, 6.45) is 0.762. The van der Waals surface area contributed by atoms with Crippen LogP contribution in [-0.4, -0.2) is 20.0 Å². The zero-order valence-corrected chi connectivity index (χ0v) is 13.4. The molecule has 2 aromatic carbocycles. The first-order valence-corrected chi connectivity index (χ1v) is 8.89. The zero-order valence-electron chi connectivity index (χ0n) is 11.0. The van der Waals surface area contributed by atoms with E-state index in [1.165, 1.54) is 0 Å². The average molecular weight is 365 g/mol. The third-order valence-electron chi connectivity index (χ3n) is 3.85. The van der Waals surface area contributed by atoms with Gasteiger partial charge < -0.3 is 4.79 Å². The minimum absolute atomic E-state index is 0.249. The molecule has 3 nitrogen and oxygen atoms in total. The van der Waals surface area contributed by atoms with Crippen molar-refractivity contribution in [1.29, 1.82) is 0 Å². The number of hydrogen-bond donors (Lipinski definition) is 0. The molecule has 0 saturated heterocycles. The molecule has 0 aliphatic heterocycles. The maximum atomic E-state index is 12.6. The van der Waals surface area contributed by atoms with E-state index in [1.54, 1.807) is 30.3 Å². The Morgan fingerprint density at radius 3 is 2.14 bits per heavy atom. The van der Waals surface area contributed by atoms with Crippen molar-refractivity contribution in [3.63, 3.8) is 0 Å². The van der Waals surface area contributed by atoms with Crippen LogP contribution in [0.5, 0.6) is 0 Å². The summed E-state index contributed by atoms with van der Waals surface area (Å²) in [6.45, 7) is 0. The van der Waals surface area contributed by atoms with Gasteiger partial charge in [-0.2, -0.15) is 0 Å². The van der Waals surface area contributed by atoms with Gasteiger partial charge in [0.05, 0.1) is 10.1 Å². The minimum atomic E-state index is -3.48. The number of halogens is 1. The molecule has 1 fully saturated rings. The Labute approximate surface area is 132 Å². The molecular formula is C16H13BrO3S. The first-order valence-electron chi connectivity index (χ1n) is 6.55. The number of rotatable bonds is 4. The van der Waals surface area contributed by atoms with E-state index in [4.69, 9.17) is 0 Å². The van der Waals surface area contributed by atoms with E-state index in [2.05, 4.69) is 15.9 Å². The molecule has 1 aliphatic carbocycles. The summed E-state index contributed by atoms with van der Waals surface area (Å²) in [6, 6.07) is 15.8. The van der Waals surface area contributed by atoms with E-state index in [1.807, 2.05) is 24.3 Å². The van der Waals surface area contributed by atoms with Crippen molar-refractivity contribution in [3.05, 3.63) is 64.6 Å². The van der Waals surface area contributed by atoms with E-state index in [0.29, 0.717) is 0 Å². The van der Waals surface area contributed by atoms with Crippen LogP contribution in [0.25, 0.3) is 0 Å². The molecule has 0 bridgehead atoms. The summed E-state index contributed by atoms with van der Waals surface area (Å²) in [5, 5.41) is -0.654. The summed E-state index contributed by atoms with van der Waals surface area (Å²) in [7, 11) is -3.48. The summed E-state index contributed by atoms with van der Waals surface area (Å²) >= 11 is 3.35. The molecular weight excluding hydrogens is 352 g/mol. The van der Waals surface area contributed by atoms with E-state index in [9.17, 15) is 13.2 Å². The van der Waals surface area contributed by atoms with Crippen LogP contribution in [0.3, 0.4) is 0 Å². The van der Waals surface area contributed by atoms with E-state index < -0.39 is 21.0 Å². The monoisotopic (exact) mass is 364 g/mol. The fourth-order valence-electron chi connectivity index (χ4n) is 2.73. The van der Waals surface area contributed by atoms with Crippen LogP contribution in [0.1, 0.15) is 11.5 Å². The van der Waals surface area contributed by atoms with Crippen molar-refractivity contribution >= 4 is 32.1 Å². The molecule has 3 rings (SSSR count). The van der Waals surface area contributed by atoms with Gasteiger partial charge in [-0.3, -0.25) is 0 Å². The number of hydrogen-bond acceptors (Lipinski definition) is 3. The van der Waals surface area contributed by atoms with Gasteiger partial charge in [-0.1, -0.05) is 46.3 Å². The molecule has 0 amide bonds. The fourth-order valence-corrected chi connectivity index (χ4v) is 5.13. The van der Waals surface area contributed by atoms with Gasteiger partial charge in [0, 0.05) is 16.3 Å². The summed E-state index contributed by atoms with van der Waals surface area (Å²) < 4.78 is 26.2. The van der Waals surface area contributed by atoms with E-state index >= 15 is 0 Å². The normalized spacial score (nSPS) is 24.5. The van der Waals surface area contributed by atoms with Gasteiger partial charge in [-0.05, 0) is 29.8 Å². The van der Waals surface area contributed by atoms with Crippen molar-refractivity contribution in [2.75, 3.05) is 0 Å². The molecule has 1 aliphatic rings. The molecule has 21 heavy (non-hydrogen) atoms. The van der Waals surface area contributed by atoms with Gasteiger partial charge in [-0.25, -0.2) is 8.42 Å². The van der Waals surface area contributed by atoms with Gasteiger partial charge in [0.15, 0.2) is 9.84 Å². The van der Waals surface area contributed by atoms with Crippen molar-refractivity contribution in [2.24, 2.45) is 5.92 Å². The predicted octanol–water partition coefficient (Wildman–Crippen LogP) is 3.20. The number of carbonyl (C=O) groups is 1. The Hall–Kier alpha value is -1.46. The zero-order chi connectivity index (χ0) is 15.0. The van der Waals surface area contributed by atoms with Crippen LogP contribution in [0.4, 0.5) is 0 Å². The second-order valence-corrected chi connectivity index (χ2v) is 8.13. The average Bonchev–Trinajstić information content (AvgIpc) is 3.24. The molecule has 5 heteroatoms. The highest BCUT2D eigenvalue weighted by Gasteiger charge is 2.58. The lowest BCUT2D eigenvalue weighted by molar-refractivity contribution is -0.108.